The Kier molecular flexibility index (Phi) is 5.63. The molecule has 0 aliphatic carbocycles. The van der Waals surface area contributed by atoms with Crippen LogP contribution in [0, 0.1) is 13.8 Å². The SMILES string of the molecule is Cc1ccc(NC(=O)CSc2nnc(-c3cccc(Br)c3)n2N)cc1C. The Bertz CT molecular complexity index is 957. The van der Waals surface area contributed by atoms with Crippen LogP contribution in [0.25, 0.3) is 11.4 Å². The minimum Gasteiger partial charge on any atom is -0.335 e. The highest BCUT2D eigenvalue weighted by Crippen LogP contribution is 2.24. The minimum absolute atomic E-state index is 0.120. The largest absolute Gasteiger partial charge is 0.335 e. The zero-order chi connectivity index (χ0) is 18.7. The average Bonchev–Trinajstić information content (AvgIpc) is 2.97. The molecule has 0 aliphatic rings. The molecule has 0 atom stereocenters. The molecule has 6 nitrogen and oxygen atoms in total. The summed E-state index contributed by atoms with van der Waals surface area (Å²) >= 11 is 4.67. The molecule has 0 spiro atoms. The smallest absolute Gasteiger partial charge is 0.234 e. The first kappa shape index (κ1) is 18.5. The standard InChI is InChI=1S/C18H18BrN5OS/c1-11-6-7-15(8-12(11)2)21-16(25)10-26-18-23-22-17(24(18)20)13-4-3-5-14(19)9-13/h3-9H,10,20H2,1-2H3,(H,21,25). The third-order valence-electron chi connectivity index (χ3n) is 3.87. The van der Waals surface area contributed by atoms with E-state index in [9.17, 15) is 4.79 Å². The van der Waals surface area contributed by atoms with Gasteiger partial charge in [-0.1, -0.05) is 45.9 Å². The third-order valence-corrected chi connectivity index (χ3v) is 5.31. The van der Waals surface area contributed by atoms with Gasteiger partial charge in [-0.25, -0.2) is 4.68 Å². The molecule has 1 amide bonds. The van der Waals surface area contributed by atoms with Gasteiger partial charge in [0.05, 0.1) is 5.75 Å². The number of halogens is 1. The van der Waals surface area contributed by atoms with Gasteiger partial charge in [0.25, 0.3) is 0 Å². The van der Waals surface area contributed by atoms with Gasteiger partial charge in [0, 0.05) is 15.7 Å². The van der Waals surface area contributed by atoms with E-state index in [2.05, 4.69) is 31.4 Å². The lowest BCUT2D eigenvalue weighted by molar-refractivity contribution is -0.113. The van der Waals surface area contributed by atoms with Crippen molar-refractivity contribution in [1.29, 1.82) is 0 Å². The van der Waals surface area contributed by atoms with Crippen molar-refractivity contribution in [3.63, 3.8) is 0 Å². The van der Waals surface area contributed by atoms with Crippen LogP contribution in [0.2, 0.25) is 0 Å². The van der Waals surface area contributed by atoms with Crippen LogP contribution < -0.4 is 11.2 Å². The molecule has 2 aromatic carbocycles. The maximum absolute atomic E-state index is 12.2. The molecule has 26 heavy (non-hydrogen) atoms. The van der Waals surface area contributed by atoms with Crippen LogP contribution in [-0.2, 0) is 4.79 Å². The number of rotatable bonds is 5. The molecule has 3 rings (SSSR count). The van der Waals surface area contributed by atoms with Crippen LogP contribution in [-0.4, -0.2) is 26.5 Å². The molecular formula is C18H18BrN5OS. The van der Waals surface area contributed by atoms with E-state index in [0.29, 0.717) is 11.0 Å². The van der Waals surface area contributed by atoms with Crippen molar-refractivity contribution in [2.24, 2.45) is 0 Å². The number of anilines is 1. The molecule has 3 N–H and O–H groups in total. The maximum Gasteiger partial charge on any atom is 0.234 e. The zero-order valence-corrected chi connectivity index (χ0v) is 16.8. The Labute approximate surface area is 164 Å². The molecule has 1 aromatic heterocycles. The minimum atomic E-state index is -0.120. The number of nitrogens with two attached hydrogens (primary N) is 1. The number of thioether (sulfide) groups is 1. The average molecular weight is 432 g/mol. The van der Waals surface area contributed by atoms with Crippen molar-refractivity contribution in [1.82, 2.24) is 14.9 Å². The van der Waals surface area contributed by atoms with Gasteiger partial charge < -0.3 is 11.2 Å². The molecule has 0 bridgehead atoms. The van der Waals surface area contributed by atoms with Crippen LogP contribution in [0.5, 0.6) is 0 Å². The van der Waals surface area contributed by atoms with Crippen molar-refractivity contribution in [2.75, 3.05) is 16.9 Å². The zero-order valence-electron chi connectivity index (χ0n) is 14.4. The Balaban J connectivity index is 1.64. The van der Waals surface area contributed by atoms with E-state index in [1.807, 2.05) is 56.3 Å². The number of hydrogen-bond acceptors (Lipinski definition) is 5. The Morgan fingerprint density at radius 1 is 1.19 bits per heavy atom. The molecule has 0 aliphatic heterocycles. The summed E-state index contributed by atoms with van der Waals surface area (Å²) in [5.41, 5.74) is 3.95. The van der Waals surface area contributed by atoms with Gasteiger partial charge in [-0.15, -0.1) is 10.2 Å². The van der Waals surface area contributed by atoms with Crippen LogP contribution in [0.1, 0.15) is 11.1 Å². The summed E-state index contributed by atoms with van der Waals surface area (Å²) in [6, 6.07) is 13.5. The number of amides is 1. The predicted octanol–water partition coefficient (Wildman–Crippen LogP) is 3.77. The van der Waals surface area contributed by atoms with E-state index in [1.54, 1.807) is 0 Å². The predicted molar refractivity (Wildman–Crippen MR) is 109 cm³/mol. The second-order valence-corrected chi connectivity index (χ2v) is 7.68. The van der Waals surface area contributed by atoms with Gasteiger partial charge in [0.2, 0.25) is 11.1 Å². The van der Waals surface area contributed by atoms with Crippen molar-refractivity contribution in [3.8, 4) is 11.4 Å². The second-order valence-electron chi connectivity index (χ2n) is 5.82. The van der Waals surface area contributed by atoms with E-state index >= 15 is 0 Å². The summed E-state index contributed by atoms with van der Waals surface area (Å²) in [4.78, 5) is 12.2. The molecule has 1 heterocycles. The lowest BCUT2D eigenvalue weighted by Crippen LogP contribution is -2.16. The summed E-state index contributed by atoms with van der Waals surface area (Å²) < 4.78 is 2.33. The van der Waals surface area contributed by atoms with Crippen molar-refractivity contribution in [3.05, 3.63) is 58.1 Å². The number of hydrogen-bond donors (Lipinski definition) is 2. The van der Waals surface area contributed by atoms with Gasteiger partial charge in [-0.2, -0.15) is 0 Å². The second kappa shape index (κ2) is 7.92. The van der Waals surface area contributed by atoms with Gasteiger partial charge in [-0.05, 0) is 49.2 Å². The molecule has 0 unspecified atom stereocenters. The van der Waals surface area contributed by atoms with Gasteiger partial charge in [-0.3, -0.25) is 4.79 Å². The van der Waals surface area contributed by atoms with Crippen LogP contribution in [0.4, 0.5) is 5.69 Å². The topological polar surface area (TPSA) is 85.8 Å². The number of carbonyl (C=O) groups is 1. The molecule has 0 fully saturated rings. The highest BCUT2D eigenvalue weighted by Gasteiger charge is 2.14. The third kappa shape index (κ3) is 4.25. The fourth-order valence-electron chi connectivity index (χ4n) is 2.35. The Hall–Kier alpha value is -2.32. The number of carbonyl (C=O) groups excluding carboxylic acids is 1. The highest BCUT2D eigenvalue weighted by molar-refractivity contribution is 9.10. The van der Waals surface area contributed by atoms with Crippen molar-refractivity contribution >= 4 is 39.3 Å². The number of nitrogen functional groups attached to an aromatic ring is 1. The van der Waals surface area contributed by atoms with Crippen LogP contribution in [0.15, 0.2) is 52.1 Å². The van der Waals surface area contributed by atoms with Gasteiger partial charge >= 0.3 is 0 Å². The number of nitrogens with one attached hydrogen (secondary N) is 1. The maximum atomic E-state index is 12.2. The lowest BCUT2D eigenvalue weighted by atomic mass is 10.1. The lowest BCUT2D eigenvalue weighted by Gasteiger charge is -2.07. The van der Waals surface area contributed by atoms with Gasteiger partial charge in [0.1, 0.15) is 0 Å². The molecule has 8 heteroatoms. The monoisotopic (exact) mass is 431 g/mol. The van der Waals surface area contributed by atoms with E-state index in [0.717, 1.165) is 21.3 Å². The summed E-state index contributed by atoms with van der Waals surface area (Å²) in [5.74, 6) is 6.70. The molecule has 134 valence electrons. The number of aryl methyl sites for hydroxylation is 2. The first-order valence-electron chi connectivity index (χ1n) is 7.90. The van der Waals surface area contributed by atoms with Crippen molar-refractivity contribution < 1.29 is 4.79 Å². The number of benzene rings is 2. The first-order valence-corrected chi connectivity index (χ1v) is 9.68. The molecule has 0 saturated carbocycles. The van der Waals surface area contributed by atoms with Crippen LogP contribution >= 0.6 is 27.7 Å². The number of aromatic nitrogens is 3. The van der Waals surface area contributed by atoms with E-state index in [-0.39, 0.29) is 11.7 Å². The normalized spacial score (nSPS) is 10.7. The summed E-state index contributed by atoms with van der Waals surface area (Å²) in [7, 11) is 0. The first-order chi connectivity index (χ1) is 12.4. The molecular weight excluding hydrogens is 414 g/mol. The fraction of sp³-hybridized carbons (Fsp3) is 0.167. The summed E-state index contributed by atoms with van der Waals surface area (Å²) in [6.45, 7) is 4.05. The highest BCUT2D eigenvalue weighted by atomic mass is 79.9. The molecule has 3 aromatic rings. The van der Waals surface area contributed by atoms with Gasteiger partial charge in [0.15, 0.2) is 5.82 Å². The van der Waals surface area contributed by atoms with E-state index in [1.165, 1.54) is 22.0 Å². The van der Waals surface area contributed by atoms with E-state index < -0.39 is 0 Å². The molecule has 0 saturated heterocycles. The Morgan fingerprint density at radius 3 is 2.73 bits per heavy atom. The summed E-state index contributed by atoms with van der Waals surface area (Å²) in [5, 5.41) is 11.6. The number of nitrogens with zero attached hydrogens (tertiary/aromatic N) is 3. The quantitative estimate of drug-likeness (QED) is 0.474. The van der Waals surface area contributed by atoms with Crippen LogP contribution in [0.3, 0.4) is 0 Å². The molecule has 0 radical (unpaired) electrons. The summed E-state index contributed by atoms with van der Waals surface area (Å²) in [6.07, 6.45) is 0. The Morgan fingerprint density at radius 2 is 2.00 bits per heavy atom. The van der Waals surface area contributed by atoms with E-state index in [4.69, 9.17) is 5.84 Å². The fourth-order valence-corrected chi connectivity index (χ4v) is 3.40. The van der Waals surface area contributed by atoms with Crippen molar-refractivity contribution in [2.45, 2.75) is 19.0 Å².